The van der Waals surface area contributed by atoms with Gasteiger partial charge in [-0.15, -0.1) is 0 Å². The summed E-state index contributed by atoms with van der Waals surface area (Å²) in [7, 11) is 0. The van der Waals surface area contributed by atoms with Gasteiger partial charge >= 0.3 is 12.0 Å². The maximum absolute atomic E-state index is 12.9. The molecule has 0 saturated carbocycles. The van der Waals surface area contributed by atoms with Crippen LogP contribution in [0, 0.1) is 12.7 Å². The zero-order valence-corrected chi connectivity index (χ0v) is 10.5. The Labute approximate surface area is 109 Å². The normalized spacial score (nSPS) is 13.5. The van der Waals surface area contributed by atoms with Crippen LogP contribution in [0.25, 0.3) is 0 Å². The number of urea groups is 1. The molecule has 1 rings (SSSR count). The second kappa shape index (κ2) is 6.14. The summed E-state index contributed by atoms with van der Waals surface area (Å²) in [5.41, 5.74) is 0.854. The number of benzene rings is 1. The molecular formula is C12H15FN2O4. The van der Waals surface area contributed by atoms with Gasteiger partial charge in [0.2, 0.25) is 0 Å². The Morgan fingerprint density at radius 1 is 1.37 bits per heavy atom. The molecule has 0 bridgehead atoms. The van der Waals surface area contributed by atoms with E-state index in [1.165, 1.54) is 25.1 Å². The van der Waals surface area contributed by atoms with Gasteiger partial charge in [-0.25, -0.2) is 14.0 Å². The van der Waals surface area contributed by atoms with Crippen molar-refractivity contribution in [1.29, 1.82) is 0 Å². The van der Waals surface area contributed by atoms with E-state index in [0.29, 0.717) is 11.3 Å². The maximum atomic E-state index is 12.9. The van der Waals surface area contributed by atoms with Gasteiger partial charge in [0.15, 0.2) is 6.04 Å². The molecule has 4 N–H and O–H groups in total. The Morgan fingerprint density at radius 3 is 2.47 bits per heavy atom. The van der Waals surface area contributed by atoms with E-state index < -0.39 is 30.0 Å². The number of aryl methyl sites for hydroxylation is 1. The highest BCUT2D eigenvalue weighted by Gasteiger charge is 2.25. The number of halogens is 1. The minimum absolute atomic E-state index is 0.355. The van der Waals surface area contributed by atoms with Crippen LogP contribution >= 0.6 is 0 Å². The molecule has 7 heteroatoms. The lowest BCUT2D eigenvalue weighted by molar-refractivity contribution is -0.141. The predicted molar refractivity (Wildman–Crippen MR) is 66.4 cm³/mol. The first-order valence-electron chi connectivity index (χ1n) is 5.56. The Balaban J connectivity index is 2.72. The molecule has 0 spiro atoms. The van der Waals surface area contributed by atoms with Gasteiger partial charge < -0.3 is 20.8 Å². The van der Waals surface area contributed by atoms with Crippen LogP contribution in [-0.2, 0) is 4.79 Å². The van der Waals surface area contributed by atoms with E-state index in [2.05, 4.69) is 10.6 Å². The van der Waals surface area contributed by atoms with E-state index in [0.717, 1.165) is 0 Å². The molecule has 0 saturated heterocycles. The number of nitrogens with one attached hydrogen (secondary N) is 2. The summed E-state index contributed by atoms with van der Waals surface area (Å²) in [4.78, 5) is 22.4. The summed E-state index contributed by atoms with van der Waals surface area (Å²) < 4.78 is 12.9. The van der Waals surface area contributed by atoms with Crippen LogP contribution in [0.1, 0.15) is 12.5 Å². The lowest BCUT2D eigenvalue weighted by Gasteiger charge is -2.18. The number of aliphatic hydroxyl groups is 1. The number of hydrogen-bond donors (Lipinski definition) is 4. The van der Waals surface area contributed by atoms with Crippen molar-refractivity contribution in [3.05, 3.63) is 29.6 Å². The highest BCUT2D eigenvalue weighted by Crippen LogP contribution is 2.15. The first-order valence-corrected chi connectivity index (χ1v) is 5.56. The van der Waals surface area contributed by atoms with Gasteiger partial charge in [-0.3, -0.25) is 0 Å². The van der Waals surface area contributed by atoms with Crippen LogP contribution in [0.4, 0.5) is 14.9 Å². The molecule has 6 nitrogen and oxygen atoms in total. The molecule has 0 heterocycles. The zero-order chi connectivity index (χ0) is 14.6. The van der Waals surface area contributed by atoms with Gasteiger partial charge in [0, 0.05) is 5.69 Å². The second-order valence-electron chi connectivity index (χ2n) is 4.11. The third-order valence-electron chi connectivity index (χ3n) is 2.47. The molecule has 2 amide bonds. The molecule has 0 aromatic heterocycles. The van der Waals surface area contributed by atoms with Crippen LogP contribution in [0.2, 0.25) is 0 Å². The monoisotopic (exact) mass is 270 g/mol. The molecule has 19 heavy (non-hydrogen) atoms. The first-order chi connectivity index (χ1) is 8.81. The summed E-state index contributed by atoms with van der Waals surface area (Å²) in [6, 6.07) is 1.57. The number of aliphatic hydroxyl groups excluding tert-OH is 1. The van der Waals surface area contributed by atoms with Gasteiger partial charge in [0.05, 0.1) is 6.10 Å². The third kappa shape index (κ3) is 4.22. The van der Waals surface area contributed by atoms with E-state index in [-0.39, 0.29) is 0 Å². The lowest BCUT2D eigenvalue weighted by atomic mass is 10.2. The fraction of sp³-hybridized carbons (Fsp3) is 0.333. The van der Waals surface area contributed by atoms with Crippen LogP contribution in [0.5, 0.6) is 0 Å². The number of carboxylic acids is 1. The minimum Gasteiger partial charge on any atom is -0.480 e. The Kier molecular flexibility index (Phi) is 4.82. The van der Waals surface area contributed by atoms with Crippen LogP contribution in [0.15, 0.2) is 18.2 Å². The molecule has 0 aliphatic heterocycles. The van der Waals surface area contributed by atoms with Crippen LogP contribution in [0.3, 0.4) is 0 Å². The fourth-order valence-corrected chi connectivity index (χ4v) is 1.46. The smallest absolute Gasteiger partial charge is 0.328 e. The molecule has 2 atom stereocenters. The number of rotatable bonds is 4. The van der Waals surface area contributed by atoms with Crippen molar-refractivity contribution in [3.8, 4) is 0 Å². The summed E-state index contributed by atoms with van der Waals surface area (Å²) in [5.74, 6) is -1.78. The summed E-state index contributed by atoms with van der Waals surface area (Å²) >= 11 is 0. The van der Waals surface area contributed by atoms with Crippen molar-refractivity contribution < 1.29 is 24.2 Å². The number of carbonyl (C=O) groups is 2. The Morgan fingerprint density at radius 2 is 2.00 bits per heavy atom. The average Bonchev–Trinajstić information content (AvgIpc) is 2.29. The van der Waals surface area contributed by atoms with Gasteiger partial charge in [0.1, 0.15) is 5.82 Å². The molecule has 0 unspecified atom stereocenters. The van der Waals surface area contributed by atoms with Crippen molar-refractivity contribution in [2.24, 2.45) is 0 Å². The SMILES string of the molecule is Cc1cc(F)ccc1NC(=O)N[C@H](C(=O)O)[C@@H](C)O. The number of amides is 2. The van der Waals surface area contributed by atoms with Gasteiger partial charge in [0.25, 0.3) is 0 Å². The molecule has 0 aliphatic carbocycles. The molecule has 0 aliphatic rings. The minimum atomic E-state index is -1.42. The fourth-order valence-electron chi connectivity index (χ4n) is 1.46. The van der Waals surface area contributed by atoms with Gasteiger partial charge in [-0.1, -0.05) is 0 Å². The molecule has 1 aromatic rings. The van der Waals surface area contributed by atoms with E-state index in [9.17, 15) is 19.1 Å². The highest BCUT2D eigenvalue weighted by atomic mass is 19.1. The topological polar surface area (TPSA) is 98.7 Å². The lowest BCUT2D eigenvalue weighted by Crippen LogP contribution is -2.49. The van der Waals surface area contributed by atoms with Gasteiger partial charge in [-0.2, -0.15) is 0 Å². The number of aliphatic carboxylic acids is 1. The van der Waals surface area contributed by atoms with E-state index >= 15 is 0 Å². The quantitative estimate of drug-likeness (QED) is 0.658. The average molecular weight is 270 g/mol. The maximum Gasteiger partial charge on any atom is 0.328 e. The number of carbonyl (C=O) groups excluding carboxylic acids is 1. The first kappa shape index (κ1) is 14.9. The predicted octanol–water partition coefficient (Wildman–Crippen LogP) is 1.09. The number of hydrogen-bond acceptors (Lipinski definition) is 3. The molecule has 104 valence electrons. The van der Waals surface area contributed by atoms with Gasteiger partial charge in [-0.05, 0) is 37.6 Å². The Bertz CT molecular complexity index is 491. The van der Waals surface area contributed by atoms with Crippen LogP contribution in [-0.4, -0.2) is 34.4 Å². The van der Waals surface area contributed by atoms with Crippen molar-refractivity contribution in [2.75, 3.05) is 5.32 Å². The largest absolute Gasteiger partial charge is 0.480 e. The summed E-state index contributed by atoms with van der Waals surface area (Å²) in [6.45, 7) is 2.85. The Hall–Kier alpha value is -2.15. The second-order valence-corrected chi connectivity index (χ2v) is 4.11. The zero-order valence-electron chi connectivity index (χ0n) is 10.5. The molecular weight excluding hydrogens is 255 g/mol. The third-order valence-corrected chi connectivity index (χ3v) is 2.47. The molecule has 1 aromatic carbocycles. The molecule has 0 fully saturated rings. The number of anilines is 1. The standard InChI is InChI=1S/C12H15FN2O4/c1-6-5-8(13)3-4-9(6)14-12(19)15-10(7(2)16)11(17)18/h3-5,7,10,16H,1-2H3,(H,17,18)(H2,14,15,19)/t7-,10+/m1/s1. The van der Waals surface area contributed by atoms with Crippen molar-refractivity contribution >= 4 is 17.7 Å². The van der Waals surface area contributed by atoms with Crippen molar-refractivity contribution in [3.63, 3.8) is 0 Å². The van der Waals surface area contributed by atoms with Crippen molar-refractivity contribution in [2.45, 2.75) is 26.0 Å². The van der Waals surface area contributed by atoms with Crippen LogP contribution < -0.4 is 10.6 Å². The molecule has 0 radical (unpaired) electrons. The highest BCUT2D eigenvalue weighted by molar-refractivity contribution is 5.93. The number of carboxylic acid groups (broad SMARTS) is 1. The summed E-state index contributed by atoms with van der Waals surface area (Å²) in [5, 5.41) is 22.5. The van der Waals surface area contributed by atoms with E-state index in [4.69, 9.17) is 5.11 Å². The van der Waals surface area contributed by atoms with Crippen molar-refractivity contribution in [1.82, 2.24) is 5.32 Å². The van der Waals surface area contributed by atoms with E-state index in [1.54, 1.807) is 6.92 Å². The summed E-state index contributed by atoms with van der Waals surface area (Å²) in [6.07, 6.45) is -1.24. The van der Waals surface area contributed by atoms with E-state index in [1.807, 2.05) is 0 Å².